The summed E-state index contributed by atoms with van der Waals surface area (Å²) < 4.78 is 7.32. The van der Waals surface area contributed by atoms with Crippen LogP contribution in [0, 0.1) is 0 Å². The minimum Gasteiger partial charge on any atom is -1.00 e. The van der Waals surface area contributed by atoms with Crippen LogP contribution in [0.1, 0.15) is 11.4 Å². The molecule has 0 aliphatic heterocycles. The summed E-state index contributed by atoms with van der Waals surface area (Å²) in [4.78, 5) is 4.68. The number of imidazole rings is 1. The molecule has 0 fully saturated rings. The molecule has 1 heterocycles. The lowest BCUT2D eigenvalue weighted by Gasteiger charge is -2.04. The summed E-state index contributed by atoms with van der Waals surface area (Å²) in [6.07, 6.45) is 0.829. The zero-order chi connectivity index (χ0) is 13.2. The standard InChI is InChI=1S/C16H16N2O.ClH/c1-18-15-6-4-3-5-14(15)17-16(18)11-12-7-9-13(19-2)10-8-12;/h3-10H,11H2,1-2H3;1H/p-1. The highest BCUT2D eigenvalue weighted by atomic mass is 35.5. The number of halogens is 1. The zero-order valence-corrected chi connectivity index (χ0v) is 12.3. The van der Waals surface area contributed by atoms with Crippen LogP contribution >= 0.6 is 0 Å². The topological polar surface area (TPSA) is 27.1 Å². The molecule has 0 saturated heterocycles. The van der Waals surface area contributed by atoms with E-state index in [1.807, 2.05) is 30.3 Å². The number of fused-ring (bicyclic) bond motifs is 1. The Hall–Kier alpha value is -2.00. The molecule has 1 aromatic heterocycles. The molecule has 0 aliphatic carbocycles. The number of nitrogens with zero attached hydrogens (tertiary/aromatic N) is 2. The first-order valence-corrected chi connectivity index (χ1v) is 6.31. The van der Waals surface area contributed by atoms with Crippen molar-refractivity contribution in [3.8, 4) is 5.75 Å². The van der Waals surface area contributed by atoms with Gasteiger partial charge in [0, 0.05) is 13.5 Å². The van der Waals surface area contributed by atoms with Crippen molar-refractivity contribution in [2.75, 3.05) is 7.11 Å². The third-order valence-corrected chi connectivity index (χ3v) is 3.40. The van der Waals surface area contributed by atoms with E-state index in [-0.39, 0.29) is 12.4 Å². The Morgan fingerprint density at radius 1 is 1.05 bits per heavy atom. The summed E-state index contributed by atoms with van der Waals surface area (Å²) in [5, 5.41) is 0. The van der Waals surface area contributed by atoms with Gasteiger partial charge in [0.25, 0.3) is 0 Å². The third-order valence-electron chi connectivity index (χ3n) is 3.40. The van der Waals surface area contributed by atoms with Crippen LogP contribution in [-0.2, 0) is 13.5 Å². The molecule has 3 rings (SSSR count). The van der Waals surface area contributed by atoms with Crippen LogP contribution in [0.5, 0.6) is 5.75 Å². The maximum atomic E-state index is 5.17. The van der Waals surface area contributed by atoms with E-state index in [1.54, 1.807) is 7.11 Å². The van der Waals surface area contributed by atoms with E-state index in [9.17, 15) is 0 Å². The Labute approximate surface area is 124 Å². The van der Waals surface area contributed by atoms with Gasteiger partial charge in [-0.1, -0.05) is 24.3 Å². The number of hydrogen-bond donors (Lipinski definition) is 0. The lowest BCUT2D eigenvalue weighted by molar-refractivity contribution is -0.00000428. The number of para-hydroxylation sites is 2. The smallest absolute Gasteiger partial charge is 0.118 e. The molecule has 3 aromatic rings. The molecular weight excluding hydrogens is 272 g/mol. The van der Waals surface area contributed by atoms with Crippen molar-refractivity contribution in [1.29, 1.82) is 0 Å². The van der Waals surface area contributed by atoms with Gasteiger partial charge in [-0.15, -0.1) is 0 Å². The summed E-state index contributed by atoms with van der Waals surface area (Å²) in [7, 11) is 3.74. The zero-order valence-electron chi connectivity index (χ0n) is 11.5. The van der Waals surface area contributed by atoms with Crippen molar-refractivity contribution >= 4 is 11.0 Å². The summed E-state index contributed by atoms with van der Waals surface area (Å²) in [5.74, 6) is 1.96. The van der Waals surface area contributed by atoms with Crippen molar-refractivity contribution in [2.24, 2.45) is 7.05 Å². The van der Waals surface area contributed by atoms with Gasteiger partial charge in [-0.3, -0.25) is 0 Å². The second kappa shape index (κ2) is 5.97. The maximum absolute atomic E-state index is 5.17. The Balaban J connectivity index is 0.00000147. The number of methoxy groups -OCH3 is 1. The van der Waals surface area contributed by atoms with Crippen LogP contribution in [0.15, 0.2) is 48.5 Å². The molecule has 0 amide bonds. The minimum atomic E-state index is 0. The fourth-order valence-corrected chi connectivity index (χ4v) is 2.28. The van der Waals surface area contributed by atoms with Crippen molar-refractivity contribution in [2.45, 2.75) is 6.42 Å². The summed E-state index contributed by atoms with van der Waals surface area (Å²) in [5.41, 5.74) is 3.46. The van der Waals surface area contributed by atoms with Crippen LogP contribution in [-0.4, -0.2) is 16.7 Å². The highest BCUT2D eigenvalue weighted by Crippen LogP contribution is 2.18. The van der Waals surface area contributed by atoms with Crippen molar-refractivity contribution in [3.63, 3.8) is 0 Å². The van der Waals surface area contributed by atoms with Gasteiger partial charge in [0.15, 0.2) is 0 Å². The Morgan fingerprint density at radius 2 is 1.75 bits per heavy atom. The van der Waals surface area contributed by atoms with Crippen LogP contribution in [0.2, 0.25) is 0 Å². The number of aryl methyl sites for hydroxylation is 1. The van der Waals surface area contributed by atoms with E-state index in [2.05, 4.69) is 34.8 Å². The summed E-state index contributed by atoms with van der Waals surface area (Å²) in [6.45, 7) is 0. The van der Waals surface area contributed by atoms with Gasteiger partial charge in [0.1, 0.15) is 11.6 Å². The van der Waals surface area contributed by atoms with Gasteiger partial charge in [-0.25, -0.2) is 4.98 Å². The van der Waals surface area contributed by atoms with Crippen molar-refractivity contribution in [3.05, 3.63) is 59.9 Å². The molecule has 0 radical (unpaired) electrons. The lowest BCUT2D eigenvalue weighted by atomic mass is 10.1. The molecule has 0 atom stereocenters. The van der Waals surface area contributed by atoms with E-state index in [4.69, 9.17) is 4.74 Å². The van der Waals surface area contributed by atoms with Crippen LogP contribution in [0.3, 0.4) is 0 Å². The first-order valence-electron chi connectivity index (χ1n) is 6.31. The Morgan fingerprint density at radius 3 is 2.40 bits per heavy atom. The number of benzene rings is 2. The summed E-state index contributed by atoms with van der Waals surface area (Å²) in [6, 6.07) is 16.3. The third kappa shape index (κ3) is 2.63. The predicted octanol–water partition coefficient (Wildman–Crippen LogP) is 0.177. The summed E-state index contributed by atoms with van der Waals surface area (Å²) >= 11 is 0. The average Bonchev–Trinajstić information content (AvgIpc) is 2.77. The molecule has 0 spiro atoms. The highest BCUT2D eigenvalue weighted by Gasteiger charge is 2.07. The fraction of sp³-hybridized carbons (Fsp3) is 0.188. The van der Waals surface area contributed by atoms with Gasteiger partial charge < -0.3 is 21.7 Å². The lowest BCUT2D eigenvalue weighted by Crippen LogP contribution is -3.00. The molecular formula is C16H16ClN2O-. The van der Waals surface area contributed by atoms with E-state index in [1.165, 1.54) is 11.1 Å². The minimum absolute atomic E-state index is 0. The van der Waals surface area contributed by atoms with Crippen LogP contribution in [0.25, 0.3) is 11.0 Å². The fourth-order valence-electron chi connectivity index (χ4n) is 2.28. The van der Waals surface area contributed by atoms with E-state index >= 15 is 0 Å². The Bertz CT molecular complexity index is 704. The van der Waals surface area contributed by atoms with Crippen LogP contribution in [0.4, 0.5) is 0 Å². The van der Waals surface area contributed by atoms with Gasteiger partial charge in [0.05, 0.1) is 18.1 Å². The molecule has 4 heteroatoms. The van der Waals surface area contributed by atoms with E-state index in [0.717, 1.165) is 23.5 Å². The number of ether oxygens (including phenoxy) is 1. The normalized spacial score (nSPS) is 10.3. The quantitative estimate of drug-likeness (QED) is 0.687. The molecule has 3 nitrogen and oxygen atoms in total. The molecule has 20 heavy (non-hydrogen) atoms. The van der Waals surface area contributed by atoms with Crippen molar-refractivity contribution in [1.82, 2.24) is 9.55 Å². The SMILES string of the molecule is COc1ccc(Cc2nc3ccccc3n2C)cc1.[Cl-]. The number of hydrogen-bond acceptors (Lipinski definition) is 2. The van der Waals surface area contributed by atoms with E-state index in [0.29, 0.717) is 0 Å². The molecule has 0 aliphatic rings. The first-order chi connectivity index (χ1) is 9.28. The molecule has 0 saturated carbocycles. The average molecular weight is 288 g/mol. The first kappa shape index (κ1) is 14.4. The van der Waals surface area contributed by atoms with Gasteiger partial charge >= 0.3 is 0 Å². The van der Waals surface area contributed by atoms with Crippen LogP contribution < -0.4 is 17.1 Å². The molecule has 2 aromatic carbocycles. The maximum Gasteiger partial charge on any atom is 0.118 e. The molecule has 0 N–H and O–H groups in total. The van der Waals surface area contributed by atoms with E-state index < -0.39 is 0 Å². The number of aromatic nitrogens is 2. The Kier molecular flexibility index (Phi) is 4.30. The molecule has 0 bridgehead atoms. The van der Waals surface area contributed by atoms with Crippen molar-refractivity contribution < 1.29 is 17.1 Å². The van der Waals surface area contributed by atoms with Gasteiger partial charge in [0.2, 0.25) is 0 Å². The van der Waals surface area contributed by atoms with Gasteiger partial charge in [-0.2, -0.15) is 0 Å². The highest BCUT2D eigenvalue weighted by molar-refractivity contribution is 5.75. The monoisotopic (exact) mass is 287 g/mol. The predicted molar refractivity (Wildman–Crippen MR) is 76.5 cm³/mol. The van der Waals surface area contributed by atoms with Gasteiger partial charge in [-0.05, 0) is 29.8 Å². The second-order valence-corrected chi connectivity index (χ2v) is 4.60. The second-order valence-electron chi connectivity index (χ2n) is 4.60. The molecule has 0 unspecified atom stereocenters. The molecule has 104 valence electrons. The number of rotatable bonds is 3. The largest absolute Gasteiger partial charge is 1.00 e.